The normalized spacial score (nSPS) is 10.5. The fourth-order valence-electron chi connectivity index (χ4n) is 1.92. The molecule has 0 aliphatic rings. The molecular formula is C13H23N3O. The van der Waals surface area contributed by atoms with Crippen molar-refractivity contribution in [2.75, 3.05) is 13.1 Å². The number of hydrogen-bond acceptors (Lipinski definition) is 2. The summed E-state index contributed by atoms with van der Waals surface area (Å²) in [4.78, 5) is 18.1. The van der Waals surface area contributed by atoms with E-state index in [4.69, 9.17) is 0 Å². The van der Waals surface area contributed by atoms with Crippen molar-refractivity contribution in [3.05, 3.63) is 18.2 Å². The van der Waals surface area contributed by atoms with Crippen molar-refractivity contribution in [2.24, 2.45) is 0 Å². The minimum Gasteiger partial charge on any atom is -0.343 e. The molecule has 0 spiro atoms. The van der Waals surface area contributed by atoms with Gasteiger partial charge in [-0.2, -0.15) is 0 Å². The summed E-state index contributed by atoms with van der Waals surface area (Å²) in [5.41, 5.74) is 0. The molecule has 0 aromatic carbocycles. The largest absolute Gasteiger partial charge is 0.343 e. The summed E-state index contributed by atoms with van der Waals surface area (Å²) in [6, 6.07) is 0. The van der Waals surface area contributed by atoms with Crippen LogP contribution >= 0.6 is 0 Å². The average Bonchev–Trinajstić information content (AvgIpc) is 2.71. The zero-order valence-corrected chi connectivity index (χ0v) is 11.1. The van der Waals surface area contributed by atoms with Gasteiger partial charge in [-0.1, -0.05) is 13.8 Å². The molecule has 0 N–H and O–H groups in total. The highest BCUT2D eigenvalue weighted by Gasteiger charge is 2.11. The van der Waals surface area contributed by atoms with Gasteiger partial charge < -0.3 is 9.47 Å². The molecule has 4 heteroatoms. The number of amides is 1. The molecule has 0 saturated carbocycles. The van der Waals surface area contributed by atoms with Gasteiger partial charge in [-0.3, -0.25) is 4.79 Å². The molecule has 0 atom stereocenters. The SMILES string of the molecule is CCCN(CCC)C(=O)CCn1ccnc1C. The van der Waals surface area contributed by atoms with E-state index in [1.54, 1.807) is 6.20 Å². The Labute approximate surface area is 104 Å². The zero-order chi connectivity index (χ0) is 12.7. The van der Waals surface area contributed by atoms with Gasteiger partial charge in [0, 0.05) is 38.4 Å². The maximum atomic E-state index is 12.0. The summed E-state index contributed by atoms with van der Waals surface area (Å²) in [6.07, 6.45) is 6.31. The van der Waals surface area contributed by atoms with Crippen LogP contribution in [0.2, 0.25) is 0 Å². The van der Waals surface area contributed by atoms with Gasteiger partial charge >= 0.3 is 0 Å². The van der Waals surface area contributed by atoms with E-state index in [-0.39, 0.29) is 5.91 Å². The van der Waals surface area contributed by atoms with Gasteiger partial charge in [0.15, 0.2) is 0 Å². The molecule has 0 fully saturated rings. The molecule has 1 aromatic heterocycles. The fourth-order valence-corrected chi connectivity index (χ4v) is 1.92. The lowest BCUT2D eigenvalue weighted by molar-refractivity contribution is -0.131. The molecule has 0 bridgehead atoms. The summed E-state index contributed by atoms with van der Waals surface area (Å²) >= 11 is 0. The molecule has 0 saturated heterocycles. The van der Waals surface area contributed by atoms with Crippen LogP contribution in [-0.2, 0) is 11.3 Å². The second-order valence-electron chi connectivity index (χ2n) is 4.30. The van der Waals surface area contributed by atoms with E-state index in [9.17, 15) is 4.79 Å². The molecule has 96 valence electrons. The van der Waals surface area contributed by atoms with Crippen molar-refractivity contribution < 1.29 is 4.79 Å². The first-order chi connectivity index (χ1) is 8.19. The lowest BCUT2D eigenvalue weighted by Gasteiger charge is -2.21. The van der Waals surface area contributed by atoms with Gasteiger partial charge in [-0.25, -0.2) is 4.98 Å². The topological polar surface area (TPSA) is 38.1 Å². The van der Waals surface area contributed by atoms with E-state index >= 15 is 0 Å². The molecule has 0 aliphatic carbocycles. The molecule has 4 nitrogen and oxygen atoms in total. The summed E-state index contributed by atoms with van der Waals surface area (Å²) in [5, 5.41) is 0. The predicted octanol–water partition coefficient (Wildman–Crippen LogP) is 2.23. The van der Waals surface area contributed by atoms with Crippen molar-refractivity contribution in [3.8, 4) is 0 Å². The molecule has 0 aliphatic heterocycles. The lowest BCUT2D eigenvalue weighted by atomic mass is 10.3. The standard InChI is InChI=1S/C13H23N3O/c1-4-8-16(9-5-2)13(17)6-10-15-11-7-14-12(15)3/h7,11H,4-6,8-10H2,1-3H3. The summed E-state index contributed by atoms with van der Waals surface area (Å²) in [5.74, 6) is 1.22. The number of carbonyl (C=O) groups is 1. The van der Waals surface area contributed by atoms with Crippen LogP contribution in [0, 0.1) is 6.92 Å². The lowest BCUT2D eigenvalue weighted by Crippen LogP contribution is -2.33. The van der Waals surface area contributed by atoms with Crippen molar-refractivity contribution >= 4 is 5.91 Å². The Hall–Kier alpha value is -1.32. The molecule has 1 amide bonds. The van der Waals surface area contributed by atoms with E-state index in [0.29, 0.717) is 6.42 Å². The van der Waals surface area contributed by atoms with Crippen molar-refractivity contribution in [3.63, 3.8) is 0 Å². The summed E-state index contributed by atoms with van der Waals surface area (Å²) in [7, 11) is 0. The molecule has 1 heterocycles. The Morgan fingerprint density at radius 2 is 2.00 bits per heavy atom. The highest BCUT2D eigenvalue weighted by atomic mass is 16.2. The van der Waals surface area contributed by atoms with Crippen LogP contribution in [0.15, 0.2) is 12.4 Å². The van der Waals surface area contributed by atoms with E-state index in [0.717, 1.165) is 38.3 Å². The Morgan fingerprint density at radius 1 is 1.35 bits per heavy atom. The first-order valence-electron chi connectivity index (χ1n) is 6.44. The average molecular weight is 237 g/mol. The number of aromatic nitrogens is 2. The van der Waals surface area contributed by atoms with Crippen molar-refractivity contribution in [2.45, 2.75) is 46.6 Å². The monoisotopic (exact) mass is 237 g/mol. The van der Waals surface area contributed by atoms with Crippen molar-refractivity contribution in [1.29, 1.82) is 0 Å². The van der Waals surface area contributed by atoms with Crippen LogP contribution < -0.4 is 0 Å². The van der Waals surface area contributed by atoms with Crippen LogP contribution in [0.5, 0.6) is 0 Å². The minimum atomic E-state index is 0.252. The third kappa shape index (κ3) is 4.21. The van der Waals surface area contributed by atoms with Gasteiger partial charge in [-0.15, -0.1) is 0 Å². The Morgan fingerprint density at radius 3 is 2.47 bits per heavy atom. The number of aryl methyl sites for hydroxylation is 2. The quantitative estimate of drug-likeness (QED) is 0.729. The second kappa shape index (κ2) is 7.09. The maximum absolute atomic E-state index is 12.0. The molecule has 17 heavy (non-hydrogen) atoms. The van der Waals surface area contributed by atoms with Gasteiger partial charge in [0.05, 0.1) is 0 Å². The van der Waals surface area contributed by atoms with Crippen molar-refractivity contribution in [1.82, 2.24) is 14.5 Å². The van der Waals surface area contributed by atoms with Gasteiger partial charge in [-0.05, 0) is 19.8 Å². The Bertz CT molecular complexity index is 340. The molecule has 0 unspecified atom stereocenters. The van der Waals surface area contributed by atoms with E-state index in [2.05, 4.69) is 18.8 Å². The molecule has 1 aromatic rings. The number of carbonyl (C=O) groups excluding carboxylic acids is 1. The molecule has 0 radical (unpaired) electrons. The fraction of sp³-hybridized carbons (Fsp3) is 0.692. The highest BCUT2D eigenvalue weighted by molar-refractivity contribution is 5.76. The predicted molar refractivity (Wildman–Crippen MR) is 68.7 cm³/mol. The third-order valence-corrected chi connectivity index (χ3v) is 2.83. The van der Waals surface area contributed by atoms with Crippen LogP contribution in [0.25, 0.3) is 0 Å². The summed E-state index contributed by atoms with van der Waals surface area (Å²) in [6.45, 7) is 8.64. The smallest absolute Gasteiger partial charge is 0.224 e. The van der Waals surface area contributed by atoms with Crippen LogP contribution in [0.3, 0.4) is 0 Å². The molecule has 1 rings (SSSR count). The van der Waals surface area contributed by atoms with Gasteiger partial charge in [0.2, 0.25) is 5.91 Å². The molecular weight excluding hydrogens is 214 g/mol. The number of imidazole rings is 1. The minimum absolute atomic E-state index is 0.252. The van der Waals surface area contributed by atoms with Crippen LogP contribution in [-0.4, -0.2) is 33.4 Å². The van der Waals surface area contributed by atoms with E-state index in [1.807, 2.05) is 22.6 Å². The third-order valence-electron chi connectivity index (χ3n) is 2.83. The number of hydrogen-bond donors (Lipinski definition) is 0. The zero-order valence-electron chi connectivity index (χ0n) is 11.1. The number of rotatable bonds is 7. The maximum Gasteiger partial charge on any atom is 0.224 e. The second-order valence-corrected chi connectivity index (χ2v) is 4.30. The van der Waals surface area contributed by atoms with Gasteiger partial charge in [0.1, 0.15) is 5.82 Å². The number of nitrogens with zero attached hydrogens (tertiary/aromatic N) is 3. The van der Waals surface area contributed by atoms with Gasteiger partial charge in [0.25, 0.3) is 0 Å². The van der Waals surface area contributed by atoms with Crippen LogP contribution in [0.1, 0.15) is 38.9 Å². The Balaban J connectivity index is 2.44. The highest BCUT2D eigenvalue weighted by Crippen LogP contribution is 2.02. The summed E-state index contributed by atoms with van der Waals surface area (Å²) < 4.78 is 2.02. The van der Waals surface area contributed by atoms with Crippen LogP contribution in [0.4, 0.5) is 0 Å². The first-order valence-corrected chi connectivity index (χ1v) is 6.44. The van der Waals surface area contributed by atoms with E-state index < -0.39 is 0 Å². The first kappa shape index (κ1) is 13.7. The Kier molecular flexibility index (Phi) is 5.73. The van der Waals surface area contributed by atoms with E-state index in [1.165, 1.54) is 0 Å².